The predicted octanol–water partition coefficient (Wildman–Crippen LogP) is 6.80. The van der Waals surface area contributed by atoms with Gasteiger partial charge in [0.15, 0.2) is 5.60 Å². The maximum atomic E-state index is 13.0. The Labute approximate surface area is 216 Å². The van der Waals surface area contributed by atoms with Crippen molar-refractivity contribution in [1.82, 2.24) is 4.98 Å². The number of ether oxygens (including phenoxy) is 1. The van der Waals surface area contributed by atoms with Crippen LogP contribution in [0.15, 0.2) is 67.0 Å². The van der Waals surface area contributed by atoms with E-state index in [9.17, 15) is 4.79 Å². The van der Waals surface area contributed by atoms with Gasteiger partial charge in [0.25, 0.3) is 0 Å². The van der Waals surface area contributed by atoms with Crippen LogP contribution < -0.4 is 9.80 Å². The Morgan fingerprint density at radius 1 is 0.750 bits per heavy atom. The zero-order valence-corrected chi connectivity index (χ0v) is 22.2. The zero-order chi connectivity index (χ0) is 25.5. The average molecular weight is 486 g/mol. The fourth-order valence-corrected chi connectivity index (χ4v) is 5.17. The van der Waals surface area contributed by atoms with Crippen LogP contribution in [0.2, 0.25) is 0 Å². The quantitative estimate of drug-likeness (QED) is 0.264. The Hall–Kier alpha value is -3.34. The number of nitrogens with zero attached hydrogens (tertiary/aromatic N) is 3. The molecule has 0 bridgehead atoms. The number of rotatable bonds is 12. The molecular weight excluding hydrogens is 446 g/mol. The smallest absolute Gasteiger partial charge is 0.340 e. The zero-order valence-electron chi connectivity index (χ0n) is 22.2. The van der Waals surface area contributed by atoms with E-state index in [4.69, 9.17) is 4.74 Å². The topological polar surface area (TPSA) is 45.7 Å². The second-order valence-corrected chi connectivity index (χ2v) is 9.45. The van der Waals surface area contributed by atoms with Crippen molar-refractivity contribution >= 4 is 17.3 Å². The Morgan fingerprint density at radius 2 is 1.28 bits per heavy atom. The van der Waals surface area contributed by atoms with Crippen LogP contribution in [0, 0.1) is 0 Å². The van der Waals surface area contributed by atoms with Crippen molar-refractivity contribution in [2.24, 2.45) is 0 Å². The summed E-state index contributed by atoms with van der Waals surface area (Å²) in [6.45, 7) is 12.8. The number of benzene rings is 2. The van der Waals surface area contributed by atoms with E-state index in [-0.39, 0.29) is 5.97 Å². The highest BCUT2D eigenvalue weighted by atomic mass is 16.6. The van der Waals surface area contributed by atoms with E-state index in [2.05, 4.69) is 91.0 Å². The molecule has 0 fully saturated rings. The van der Waals surface area contributed by atoms with Gasteiger partial charge >= 0.3 is 5.97 Å². The van der Waals surface area contributed by atoms with Gasteiger partial charge in [-0.05, 0) is 57.0 Å². The van der Waals surface area contributed by atoms with Crippen LogP contribution in [0.4, 0.5) is 11.4 Å². The van der Waals surface area contributed by atoms with Crippen LogP contribution in [-0.2, 0) is 10.3 Å². The van der Waals surface area contributed by atoms with Crippen LogP contribution in [0.1, 0.15) is 80.4 Å². The molecule has 0 N–H and O–H groups in total. The van der Waals surface area contributed by atoms with Gasteiger partial charge in [-0.3, -0.25) is 4.98 Å². The summed E-state index contributed by atoms with van der Waals surface area (Å²) in [5.74, 6) is -0.309. The molecule has 5 nitrogen and oxygen atoms in total. The highest BCUT2D eigenvalue weighted by Gasteiger charge is 2.48. The second kappa shape index (κ2) is 11.6. The third-order valence-corrected chi connectivity index (χ3v) is 7.27. The summed E-state index contributed by atoms with van der Waals surface area (Å²) in [5, 5.41) is 0. The van der Waals surface area contributed by atoms with E-state index in [1.54, 1.807) is 18.5 Å². The number of pyridine rings is 1. The molecule has 4 rings (SSSR count). The Kier molecular flexibility index (Phi) is 8.29. The molecule has 1 aromatic heterocycles. The number of carbonyl (C=O) groups excluding carboxylic acids is 1. The fraction of sp³-hybridized carbons (Fsp3) is 0.419. The first-order chi connectivity index (χ1) is 17.6. The van der Waals surface area contributed by atoms with Crippen molar-refractivity contribution in [3.8, 4) is 0 Å². The molecule has 1 aliphatic rings. The number of anilines is 2. The number of carbonyl (C=O) groups is 1. The Balaban J connectivity index is 1.78. The van der Waals surface area contributed by atoms with Crippen molar-refractivity contribution in [2.75, 3.05) is 36.0 Å². The van der Waals surface area contributed by atoms with Crippen LogP contribution in [-0.4, -0.2) is 37.1 Å². The number of esters is 1. The van der Waals surface area contributed by atoms with Crippen LogP contribution >= 0.6 is 0 Å². The standard InChI is InChI=1S/C31H39N3O2/c1-5-9-21-34(22-10-6-2)27-17-13-25(14-18-27)31(29-23-32-20-19-28(29)30(35)36-31)24-11-15-26(16-12-24)33(7-3)8-4/h11-20,23H,5-10,21-22H2,1-4H3. The van der Waals surface area contributed by atoms with Gasteiger partial charge in [-0.15, -0.1) is 0 Å². The van der Waals surface area contributed by atoms with Gasteiger partial charge in [0.2, 0.25) is 0 Å². The van der Waals surface area contributed by atoms with Gasteiger partial charge < -0.3 is 14.5 Å². The number of unbranched alkanes of at least 4 members (excludes halogenated alkanes) is 2. The first-order valence-electron chi connectivity index (χ1n) is 13.5. The van der Waals surface area contributed by atoms with Crippen molar-refractivity contribution in [1.29, 1.82) is 0 Å². The highest BCUT2D eigenvalue weighted by Crippen LogP contribution is 2.47. The van der Waals surface area contributed by atoms with E-state index in [0.29, 0.717) is 5.56 Å². The lowest BCUT2D eigenvalue weighted by molar-refractivity contribution is 0.0251. The third-order valence-electron chi connectivity index (χ3n) is 7.27. The molecule has 0 saturated heterocycles. The molecule has 0 amide bonds. The lowest BCUT2D eigenvalue weighted by Gasteiger charge is -2.32. The van der Waals surface area contributed by atoms with Gasteiger partial charge in [0.1, 0.15) is 0 Å². The van der Waals surface area contributed by atoms with Crippen molar-refractivity contribution in [3.63, 3.8) is 0 Å². The first-order valence-corrected chi connectivity index (χ1v) is 13.5. The summed E-state index contributed by atoms with van der Waals surface area (Å²) in [6.07, 6.45) is 8.12. The highest BCUT2D eigenvalue weighted by molar-refractivity contribution is 5.96. The molecule has 1 unspecified atom stereocenters. The predicted molar refractivity (Wildman–Crippen MR) is 148 cm³/mol. The molecule has 3 aromatic rings. The van der Waals surface area contributed by atoms with Crippen molar-refractivity contribution in [3.05, 3.63) is 89.2 Å². The van der Waals surface area contributed by atoms with E-state index >= 15 is 0 Å². The largest absolute Gasteiger partial charge is 0.441 e. The van der Waals surface area contributed by atoms with Crippen LogP contribution in [0.25, 0.3) is 0 Å². The SMILES string of the molecule is CCCCN(CCCC)c1ccc(C2(c3ccc(N(CC)CC)cc3)OC(=O)c3ccncc32)cc1. The molecule has 0 radical (unpaired) electrons. The maximum absolute atomic E-state index is 13.0. The minimum absolute atomic E-state index is 0.309. The van der Waals surface area contributed by atoms with Gasteiger partial charge in [0, 0.05) is 66.6 Å². The lowest BCUT2D eigenvalue weighted by Crippen LogP contribution is -2.30. The van der Waals surface area contributed by atoms with Gasteiger partial charge in [-0.2, -0.15) is 0 Å². The molecule has 0 saturated carbocycles. The molecule has 5 heteroatoms. The Bertz CT molecular complexity index is 1130. The third kappa shape index (κ3) is 4.84. The number of hydrogen-bond donors (Lipinski definition) is 0. The van der Waals surface area contributed by atoms with E-state index in [1.165, 1.54) is 31.4 Å². The van der Waals surface area contributed by atoms with E-state index < -0.39 is 5.60 Å². The number of aromatic nitrogens is 1. The first kappa shape index (κ1) is 25.7. The summed E-state index contributed by atoms with van der Waals surface area (Å²) >= 11 is 0. The summed E-state index contributed by atoms with van der Waals surface area (Å²) in [5.41, 5.74) is 4.60. The molecule has 1 atom stereocenters. The molecule has 2 aromatic carbocycles. The molecule has 0 spiro atoms. The minimum Gasteiger partial charge on any atom is -0.441 e. The molecule has 2 heterocycles. The maximum Gasteiger partial charge on any atom is 0.340 e. The second-order valence-electron chi connectivity index (χ2n) is 9.45. The van der Waals surface area contributed by atoms with Gasteiger partial charge in [-0.1, -0.05) is 51.0 Å². The van der Waals surface area contributed by atoms with Crippen LogP contribution in [0.5, 0.6) is 0 Å². The summed E-state index contributed by atoms with van der Waals surface area (Å²) in [7, 11) is 0. The van der Waals surface area contributed by atoms with Crippen molar-refractivity contribution in [2.45, 2.75) is 59.0 Å². The summed E-state index contributed by atoms with van der Waals surface area (Å²) in [6, 6.07) is 18.8. The molecule has 190 valence electrons. The molecule has 0 aliphatic carbocycles. The van der Waals surface area contributed by atoms with E-state index in [0.717, 1.165) is 48.6 Å². The van der Waals surface area contributed by atoms with E-state index in [1.807, 2.05) is 0 Å². The molecule has 36 heavy (non-hydrogen) atoms. The fourth-order valence-electron chi connectivity index (χ4n) is 5.17. The number of fused-ring (bicyclic) bond motifs is 1. The lowest BCUT2D eigenvalue weighted by atomic mass is 9.80. The average Bonchev–Trinajstić information content (AvgIpc) is 3.23. The number of cyclic esters (lactones) is 1. The summed E-state index contributed by atoms with van der Waals surface area (Å²) < 4.78 is 6.27. The van der Waals surface area contributed by atoms with Crippen LogP contribution in [0.3, 0.4) is 0 Å². The summed E-state index contributed by atoms with van der Waals surface area (Å²) in [4.78, 5) is 22.2. The number of hydrogen-bond acceptors (Lipinski definition) is 5. The normalized spacial score (nSPS) is 16.5. The molecule has 1 aliphatic heterocycles. The van der Waals surface area contributed by atoms with Crippen molar-refractivity contribution < 1.29 is 9.53 Å². The van der Waals surface area contributed by atoms with Gasteiger partial charge in [0.05, 0.1) is 5.56 Å². The molecular formula is C31H39N3O2. The van der Waals surface area contributed by atoms with Gasteiger partial charge in [-0.25, -0.2) is 4.79 Å². The Morgan fingerprint density at radius 3 is 1.78 bits per heavy atom. The monoisotopic (exact) mass is 485 g/mol. The minimum atomic E-state index is -1.02.